The Morgan fingerprint density at radius 3 is 2.36 bits per heavy atom. The maximum Gasteiger partial charge on any atom is 0.303 e. The summed E-state index contributed by atoms with van der Waals surface area (Å²) in [6.45, 7) is 6.88. The fourth-order valence-corrected chi connectivity index (χ4v) is 9.50. The standard InChI is InChI=1S/C28H48O5/c1-4-5-6-9-19-21-15-18(29)13-14-27(21,2)22-16-23(30)28(3)17(8-7-10-24(31)32)11-12-20(28)25(22)26(19)33/h17-23,25-26,29-30,33H,4-16H2,1-3H3,(H,31,32). The molecule has 0 amide bonds. The summed E-state index contributed by atoms with van der Waals surface area (Å²) in [5, 5.41) is 43.2. The van der Waals surface area contributed by atoms with Crippen LogP contribution in [0.4, 0.5) is 0 Å². The summed E-state index contributed by atoms with van der Waals surface area (Å²) >= 11 is 0. The second-order valence-corrected chi connectivity index (χ2v) is 12.7. The number of carbonyl (C=O) groups is 1. The zero-order valence-electron chi connectivity index (χ0n) is 21.1. The minimum Gasteiger partial charge on any atom is -0.481 e. The Hall–Kier alpha value is -0.650. The number of aliphatic hydroxyl groups is 3. The number of carboxylic acid groups (broad SMARTS) is 1. The highest BCUT2D eigenvalue weighted by atomic mass is 16.4. The summed E-state index contributed by atoms with van der Waals surface area (Å²) in [5.74, 6) is 0.984. The Bertz CT molecular complexity index is 696. The molecule has 5 heteroatoms. The van der Waals surface area contributed by atoms with E-state index in [1.807, 2.05) is 0 Å². The molecule has 4 saturated carbocycles. The van der Waals surface area contributed by atoms with Crippen LogP contribution in [0.2, 0.25) is 0 Å². The van der Waals surface area contributed by atoms with Gasteiger partial charge in [-0.15, -0.1) is 0 Å². The number of unbranched alkanes of at least 4 members (excludes halogenated alkanes) is 2. The molecule has 0 heterocycles. The number of hydrogen-bond donors (Lipinski definition) is 4. The zero-order valence-corrected chi connectivity index (χ0v) is 21.1. The molecular formula is C28H48O5. The summed E-state index contributed by atoms with van der Waals surface area (Å²) in [6, 6.07) is 0. The minimum absolute atomic E-state index is 0.0731. The zero-order chi connectivity index (χ0) is 24.0. The molecule has 4 aliphatic carbocycles. The number of carboxylic acids is 1. The molecular weight excluding hydrogens is 416 g/mol. The van der Waals surface area contributed by atoms with Crippen molar-refractivity contribution < 1.29 is 25.2 Å². The van der Waals surface area contributed by atoms with Crippen molar-refractivity contribution in [2.24, 2.45) is 46.3 Å². The lowest BCUT2D eigenvalue weighted by molar-refractivity contribution is -0.227. The molecule has 0 aromatic carbocycles. The molecule has 5 nitrogen and oxygen atoms in total. The highest BCUT2D eigenvalue weighted by Gasteiger charge is 2.66. The summed E-state index contributed by atoms with van der Waals surface area (Å²) < 4.78 is 0. The molecule has 0 bridgehead atoms. The Kier molecular flexibility index (Phi) is 7.54. The third-order valence-electron chi connectivity index (χ3n) is 11.3. The van der Waals surface area contributed by atoms with E-state index in [2.05, 4.69) is 20.8 Å². The average molecular weight is 465 g/mol. The van der Waals surface area contributed by atoms with E-state index in [0.29, 0.717) is 30.1 Å². The molecule has 11 unspecified atom stereocenters. The molecule has 190 valence electrons. The van der Waals surface area contributed by atoms with Crippen molar-refractivity contribution >= 4 is 5.97 Å². The maximum atomic E-state index is 11.9. The quantitative estimate of drug-likeness (QED) is 0.379. The second kappa shape index (κ2) is 9.78. The fraction of sp³-hybridized carbons (Fsp3) is 0.964. The van der Waals surface area contributed by atoms with Crippen LogP contribution in [-0.4, -0.2) is 44.7 Å². The molecule has 33 heavy (non-hydrogen) atoms. The van der Waals surface area contributed by atoms with Gasteiger partial charge in [0.2, 0.25) is 0 Å². The molecule has 0 aromatic rings. The normalized spacial score (nSPS) is 49.2. The molecule has 4 rings (SSSR count). The first-order chi connectivity index (χ1) is 15.6. The molecule has 4 fully saturated rings. The molecule has 4 N–H and O–H groups in total. The fourth-order valence-electron chi connectivity index (χ4n) is 9.50. The number of aliphatic hydroxyl groups excluding tert-OH is 3. The topological polar surface area (TPSA) is 98.0 Å². The molecule has 0 aliphatic heterocycles. The van der Waals surface area contributed by atoms with E-state index in [1.165, 1.54) is 12.8 Å². The van der Waals surface area contributed by atoms with Gasteiger partial charge in [-0.25, -0.2) is 0 Å². The number of hydrogen-bond acceptors (Lipinski definition) is 4. The van der Waals surface area contributed by atoms with Gasteiger partial charge >= 0.3 is 5.97 Å². The van der Waals surface area contributed by atoms with E-state index < -0.39 is 12.1 Å². The summed E-state index contributed by atoms with van der Waals surface area (Å²) in [4.78, 5) is 11.1. The van der Waals surface area contributed by atoms with Crippen LogP contribution in [-0.2, 0) is 4.79 Å². The Morgan fingerprint density at radius 1 is 0.909 bits per heavy atom. The maximum absolute atomic E-state index is 11.9. The Labute approximate surface area is 200 Å². The van der Waals surface area contributed by atoms with Crippen LogP contribution >= 0.6 is 0 Å². The van der Waals surface area contributed by atoms with Crippen molar-refractivity contribution in [2.75, 3.05) is 0 Å². The van der Waals surface area contributed by atoms with Gasteiger partial charge in [0.05, 0.1) is 18.3 Å². The molecule has 0 aromatic heterocycles. The highest BCUT2D eigenvalue weighted by Crippen LogP contribution is 2.69. The number of aliphatic carboxylic acids is 1. The van der Waals surface area contributed by atoms with E-state index in [1.54, 1.807) is 0 Å². The van der Waals surface area contributed by atoms with Gasteiger partial charge in [0, 0.05) is 6.42 Å². The van der Waals surface area contributed by atoms with Gasteiger partial charge in [-0.05, 0) is 104 Å². The van der Waals surface area contributed by atoms with E-state index >= 15 is 0 Å². The Morgan fingerprint density at radius 2 is 1.67 bits per heavy atom. The van der Waals surface area contributed by atoms with Gasteiger partial charge in [-0.1, -0.05) is 40.0 Å². The first-order valence-corrected chi connectivity index (χ1v) is 13.9. The lowest BCUT2D eigenvalue weighted by Crippen LogP contribution is -2.64. The van der Waals surface area contributed by atoms with Crippen LogP contribution in [0.15, 0.2) is 0 Å². The smallest absolute Gasteiger partial charge is 0.303 e. The van der Waals surface area contributed by atoms with E-state index in [9.17, 15) is 20.1 Å². The number of fused-ring (bicyclic) bond motifs is 5. The van der Waals surface area contributed by atoms with E-state index in [4.69, 9.17) is 5.11 Å². The van der Waals surface area contributed by atoms with Crippen molar-refractivity contribution in [1.82, 2.24) is 0 Å². The van der Waals surface area contributed by atoms with Crippen LogP contribution in [0.5, 0.6) is 0 Å². The van der Waals surface area contributed by atoms with Gasteiger partial charge in [0.25, 0.3) is 0 Å². The Balaban J connectivity index is 1.63. The monoisotopic (exact) mass is 464 g/mol. The third-order valence-corrected chi connectivity index (χ3v) is 11.3. The molecule has 0 spiro atoms. The molecule has 0 radical (unpaired) electrons. The van der Waals surface area contributed by atoms with Gasteiger partial charge < -0.3 is 20.4 Å². The molecule has 0 saturated heterocycles. The first kappa shape index (κ1) is 25.4. The van der Waals surface area contributed by atoms with Gasteiger partial charge in [-0.2, -0.15) is 0 Å². The third kappa shape index (κ3) is 4.29. The van der Waals surface area contributed by atoms with Crippen LogP contribution < -0.4 is 0 Å². The van der Waals surface area contributed by atoms with Crippen molar-refractivity contribution in [1.29, 1.82) is 0 Å². The summed E-state index contributed by atoms with van der Waals surface area (Å²) in [6.07, 6.45) is 10.7. The van der Waals surface area contributed by atoms with Crippen LogP contribution in [0.3, 0.4) is 0 Å². The largest absolute Gasteiger partial charge is 0.481 e. The van der Waals surface area contributed by atoms with Crippen molar-refractivity contribution in [2.45, 2.75) is 123 Å². The van der Waals surface area contributed by atoms with Gasteiger partial charge in [-0.3, -0.25) is 4.79 Å². The first-order valence-electron chi connectivity index (χ1n) is 13.9. The predicted molar refractivity (Wildman–Crippen MR) is 129 cm³/mol. The van der Waals surface area contributed by atoms with Crippen LogP contribution in [0, 0.1) is 46.3 Å². The van der Waals surface area contributed by atoms with Gasteiger partial charge in [0.15, 0.2) is 0 Å². The van der Waals surface area contributed by atoms with Crippen molar-refractivity contribution in [3.05, 3.63) is 0 Å². The van der Waals surface area contributed by atoms with E-state index in [-0.39, 0.29) is 41.3 Å². The van der Waals surface area contributed by atoms with Gasteiger partial charge in [0.1, 0.15) is 0 Å². The number of rotatable bonds is 8. The average Bonchev–Trinajstić information content (AvgIpc) is 3.10. The lowest BCUT2D eigenvalue weighted by atomic mass is 9.41. The molecule has 11 atom stereocenters. The SMILES string of the molecule is CCCCCC1C(O)C2C(CC(O)C3(C)C(CCCC(=O)O)CCC23)C2(C)CCC(O)CC12. The predicted octanol–water partition coefficient (Wildman–Crippen LogP) is 5.01. The second-order valence-electron chi connectivity index (χ2n) is 12.7. The van der Waals surface area contributed by atoms with Crippen molar-refractivity contribution in [3.8, 4) is 0 Å². The lowest BCUT2D eigenvalue weighted by Gasteiger charge is -2.65. The van der Waals surface area contributed by atoms with Crippen LogP contribution in [0.25, 0.3) is 0 Å². The van der Waals surface area contributed by atoms with Crippen LogP contribution in [0.1, 0.15) is 104 Å². The highest BCUT2D eigenvalue weighted by molar-refractivity contribution is 5.66. The molecule has 4 aliphatic rings. The van der Waals surface area contributed by atoms with Crippen molar-refractivity contribution in [3.63, 3.8) is 0 Å². The minimum atomic E-state index is -0.741. The van der Waals surface area contributed by atoms with E-state index in [0.717, 1.165) is 57.8 Å². The summed E-state index contributed by atoms with van der Waals surface area (Å²) in [7, 11) is 0. The summed E-state index contributed by atoms with van der Waals surface area (Å²) in [5.41, 5.74) is -0.157.